The molecule has 18 heavy (non-hydrogen) atoms. The van der Waals surface area contributed by atoms with Crippen LogP contribution in [-0.4, -0.2) is 42.7 Å². The Morgan fingerprint density at radius 2 is 1.83 bits per heavy atom. The van der Waals surface area contributed by atoms with Crippen LogP contribution in [0.25, 0.3) is 0 Å². The maximum absolute atomic E-state index is 10.2. The van der Waals surface area contributed by atoms with E-state index in [1.807, 2.05) is 0 Å². The number of nitrogens with zero attached hydrogens (tertiary/aromatic N) is 1. The van der Waals surface area contributed by atoms with Crippen molar-refractivity contribution in [1.82, 2.24) is 10.2 Å². The van der Waals surface area contributed by atoms with E-state index in [9.17, 15) is 5.11 Å². The summed E-state index contributed by atoms with van der Waals surface area (Å²) in [6, 6.07) is 3.38. The lowest BCUT2D eigenvalue weighted by molar-refractivity contribution is 0.106. The molecule has 0 amide bonds. The fourth-order valence-corrected chi connectivity index (χ4v) is 2.70. The van der Waals surface area contributed by atoms with E-state index in [4.69, 9.17) is 34.8 Å². The predicted molar refractivity (Wildman–Crippen MR) is 75.7 cm³/mol. The number of aliphatic hydroxyl groups excluding tert-OH is 1. The Bertz CT molecular complexity index is 422. The summed E-state index contributed by atoms with van der Waals surface area (Å²) in [5.74, 6) is 0. The summed E-state index contributed by atoms with van der Waals surface area (Å²) < 4.78 is 0. The molecular weight excluding hydrogens is 295 g/mol. The fourth-order valence-electron chi connectivity index (χ4n) is 2.03. The van der Waals surface area contributed by atoms with Crippen molar-refractivity contribution in [3.05, 3.63) is 32.8 Å². The number of rotatable bonds is 3. The summed E-state index contributed by atoms with van der Waals surface area (Å²) in [5.41, 5.74) is 0.629. The monoisotopic (exact) mass is 308 g/mol. The van der Waals surface area contributed by atoms with Crippen LogP contribution in [0.3, 0.4) is 0 Å². The Morgan fingerprint density at radius 1 is 1.17 bits per heavy atom. The van der Waals surface area contributed by atoms with Crippen molar-refractivity contribution in [1.29, 1.82) is 0 Å². The summed E-state index contributed by atoms with van der Waals surface area (Å²) in [6.45, 7) is 4.30. The van der Waals surface area contributed by atoms with Crippen LogP contribution in [0.1, 0.15) is 11.7 Å². The molecule has 1 fully saturated rings. The third kappa shape index (κ3) is 3.29. The molecule has 1 aromatic rings. The van der Waals surface area contributed by atoms with Gasteiger partial charge in [0.1, 0.15) is 0 Å². The van der Waals surface area contributed by atoms with Gasteiger partial charge in [-0.25, -0.2) is 0 Å². The van der Waals surface area contributed by atoms with Gasteiger partial charge in [0.2, 0.25) is 0 Å². The predicted octanol–water partition coefficient (Wildman–Crippen LogP) is 2.59. The van der Waals surface area contributed by atoms with Gasteiger partial charge in [-0.05, 0) is 6.07 Å². The van der Waals surface area contributed by atoms with Gasteiger partial charge in [0.15, 0.2) is 0 Å². The van der Waals surface area contributed by atoms with Crippen molar-refractivity contribution < 1.29 is 5.11 Å². The van der Waals surface area contributed by atoms with Crippen molar-refractivity contribution in [3.8, 4) is 0 Å². The lowest BCUT2D eigenvalue weighted by Crippen LogP contribution is -2.45. The first-order valence-electron chi connectivity index (χ1n) is 5.84. The number of aliphatic hydroxyl groups is 1. The summed E-state index contributed by atoms with van der Waals surface area (Å²) in [7, 11) is 0. The molecule has 0 aromatic heterocycles. The molecule has 0 saturated carbocycles. The smallest absolute Gasteiger partial charge is 0.0931 e. The highest BCUT2D eigenvalue weighted by Gasteiger charge is 2.19. The van der Waals surface area contributed by atoms with Crippen molar-refractivity contribution in [2.45, 2.75) is 6.10 Å². The van der Waals surface area contributed by atoms with Gasteiger partial charge in [0, 0.05) is 38.3 Å². The Balaban J connectivity index is 2.08. The first-order valence-corrected chi connectivity index (χ1v) is 6.97. The van der Waals surface area contributed by atoms with Gasteiger partial charge >= 0.3 is 0 Å². The second-order valence-corrected chi connectivity index (χ2v) is 5.49. The number of hydrogen-bond acceptors (Lipinski definition) is 3. The lowest BCUT2D eigenvalue weighted by atomic mass is 10.1. The van der Waals surface area contributed by atoms with Gasteiger partial charge in [-0.15, -0.1) is 0 Å². The summed E-state index contributed by atoms with van der Waals surface area (Å²) >= 11 is 17.9. The van der Waals surface area contributed by atoms with E-state index in [-0.39, 0.29) is 0 Å². The molecule has 1 saturated heterocycles. The molecule has 0 spiro atoms. The van der Waals surface area contributed by atoms with Gasteiger partial charge in [-0.3, -0.25) is 4.90 Å². The molecule has 3 nitrogen and oxygen atoms in total. The highest BCUT2D eigenvalue weighted by atomic mass is 35.5. The van der Waals surface area contributed by atoms with Crippen LogP contribution in [0.5, 0.6) is 0 Å². The standard InChI is InChI=1S/C12H15Cl3N2O/c13-9-2-1-8(11(14)12(9)15)10(18)7-17-5-3-16-4-6-17/h1-2,10,16,18H,3-7H2. The molecule has 0 bridgehead atoms. The van der Waals surface area contributed by atoms with E-state index in [0.717, 1.165) is 26.2 Å². The first kappa shape index (κ1) is 14.4. The van der Waals surface area contributed by atoms with Gasteiger partial charge in [-0.2, -0.15) is 0 Å². The van der Waals surface area contributed by atoms with Crippen molar-refractivity contribution >= 4 is 34.8 Å². The molecule has 1 aromatic carbocycles. The van der Waals surface area contributed by atoms with Gasteiger partial charge < -0.3 is 10.4 Å². The summed E-state index contributed by atoms with van der Waals surface area (Å²) in [5, 5.41) is 14.5. The van der Waals surface area contributed by atoms with E-state index in [1.165, 1.54) is 0 Å². The maximum atomic E-state index is 10.2. The molecule has 6 heteroatoms. The summed E-state index contributed by atoms with van der Waals surface area (Å²) in [6.07, 6.45) is -0.648. The molecule has 0 radical (unpaired) electrons. The zero-order chi connectivity index (χ0) is 13.1. The number of β-amino-alcohol motifs (C(OH)–C–C–N with tert-alkyl or cyclic N) is 1. The Kier molecular flexibility index (Phi) is 5.13. The molecule has 100 valence electrons. The number of hydrogen-bond donors (Lipinski definition) is 2. The molecule has 1 heterocycles. The van der Waals surface area contributed by atoms with Crippen molar-refractivity contribution in [3.63, 3.8) is 0 Å². The second-order valence-electron chi connectivity index (χ2n) is 4.33. The van der Waals surface area contributed by atoms with E-state index >= 15 is 0 Å². The zero-order valence-electron chi connectivity index (χ0n) is 9.80. The minimum absolute atomic E-state index is 0.301. The van der Waals surface area contributed by atoms with Crippen LogP contribution in [0, 0.1) is 0 Å². The number of halogens is 3. The largest absolute Gasteiger partial charge is 0.387 e. The van der Waals surface area contributed by atoms with Gasteiger partial charge in [-0.1, -0.05) is 40.9 Å². The molecule has 2 rings (SSSR count). The van der Waals surface area contributed by atoms with E-state index in [0.29, 0.717) is 27.2 Å². The summed E-state index contributed by atoms with van der Waals surface area (Å²) in [4.78, 5) is 2.19. The number of benzene rings is 1. The molecular formula is C12H15Cl3N2O. The third-order valence-corrected chi connectivity index (χ3v) is 4.37. The van der Waals surface area contributed by atoms with Crippen LogP contribution < -0.4 is 5.32 Å². The minimum Gasteiger partial charge on any atom is -0.387 e. The third-order valence-electron chi connectivity index (χ3n) is 3.06. The second kappa shape index (κ2) is 6.42. The Labute approximate surface area is 122 Å². The van der Waals surface area contributed by atoms with Crippen LogP contribution in [0.4, 0.5) is 0 Å². The minimum atomic E-state index is -0.648. The normalized spacial score (nSPS) is 18.9. The van der Waals surface area contributed by atoms with E-state index < -0.39 is 6.10 Å². The Hall–Kier alpha value is -0.0300. The number of piperazine rings is 1. The quantitative estimate of drug-likeness (QED) is 0.843. The van der Waals surface area contributed by atoms with Gasteiger partial charge in [0.25, 0.3) is 0 Å². The molecule has 1 aliphatic heterocycles. The van der Waals surface area contributed by atoms with Crippen LogP contribution >= 0.6 is 34.8 Å². The van der Waals surface area contributed by atoms with Gasteiger partial charge in [0.05, 0.1) is 21.2 Å². The highest BCUT2D eigenvalue weighted by molar-refractivity contribution is 6.48. The molecule has 1 unspecified atom stereocenters. The molecule has 0 aliphatic carbocycles. The van der Waals surface area contributed by atoms with Crippen molar-refractivity contribution in [2.24, 2.45) is 0 Å². The van der Waals surface area contributed by atoms with E-state index in [2.05, 4.69) is 10.2 Å². The molecule has 1 aliphatic rings. The van der Waals surface area contributed by atoms with Crippen molar-refractivity contribution in [2.75, 3.05) is 32.7 Å². The Morgan fingerprint density at radius 3 is 2.50 bits per heavy atom. The van der Waals surface area contributed by atoms with Crippen LogP contribution in [0.2, 0.25) is 15.1 Å². The molecule has 2 N–H and O–H groups in total. The average molecular weight is 310 g/mol. The molecule has 1 atom stereocenters. The fraction of sp³-hybridized carbons (Fsp3) is 0.500. The topological polar surface area (TPSA) is 35.5 Å². The first-order chi connectivity index (χ1) is 8.59. The average Bonchev–Trinajstić information content (AvgIpc) is 2.37. The van der Waals surface area contributed by atoms with Crippen LogP contribution in [0.15, 0.2) is 12.1 Å². The lowest BCUT2D eigenvalue weighted by Gasteiger charge is -2.29. The SMILES string of the molecule is OC(CN1CCNCC1)c1ccc(Cl)c(Cl)c1Cl. The highest BCUT2D eigenvalue weighted by Crippen LogP contribution is 2.35. The van der Waals surface area contributed by atoms with E-state index in [1.54, 1.807) is 12.1 Å². The maximum Gasteiger partial charge on any atom is 0.0931 e. The zero-order valence-corrected chi connectivity index (χ0v) is 12.1. The number of nitrogens with one attached hydrogen (secondary N) is 1. The van der Waals surface area contributed by atoms with Crippen LogP contribution in [-0.2, 0) is 0 Å².